The quantitative estimate of drug-likeness (QED) is 0.774. The Hall–Kier alpha value is -2.36. The Labute approximate surface area is 118 Å². The maximum absolute atomic E-state index is 6.10. The Morgan fingerprint density at radius 1 is 1.10 bits per heavy atom. The van der Waals surface area contributed by atoms with E-state index in [1.807, 2.05) is 17.6 Å². The number of nitrogens with two attached hydrogens (primary N) is 1. The van der Waals surface area contributed by atoms with Crippen LogP contribution in [0.5, 0.6) is 0 Å². The van der Waals surface area contributed by atoms with Crippen molar-refractivity contribution in [2.75, 3.05) is 5.73 Å². The molecule has 0 aliphatic carbocycles. The molecular formula is C16H18N4. The fourth-order valence-electron chi connectivity index (χ4n) is 2.50. The molecule has 0 amide bonds. The van der Waals surface area contributed by atoms with Crippen LogP contribution < -0.4 is 5.73 Å². The molecule has 2 aromatic heterocycles. The average molecular weight is 266 g/mol. The molecule has 0 aliphatic heterocycles. The van der Waals surface area contributed by atoms with Gasteiger partial charge in [0.15, 0.2) is 5.65 Å². The number of hydrogen-bond donors (Lipinski definition) is 1. The first kappa shape index (κ1) is 12.7. The number of pyridine rings is 1. The number of nitrogen functional groups attached to an aromatic ring is 1. The monoisotopic (exact) mass is 266 g/mol. The highest BCUT2D eigenvalue weighted by Gasteiger charge is 2.17. The molecule has 4 nitrogen and oxygen atoms in total. The van der Waals surface area contributed by atoms with Crippen molar-refractivity contribution < 1.29 is 0 Å². The lowest BCUT2D eigenvalue weighted by molar-refractivity contribution is 0.662. The molecule has 0 spiro atoms. The van der Waals surface area contributed by atoms with Crippen LogP contribution in [0.1, 0.15) is 29.7 Å². The Morgan fingerprint density at radius 3 is 2.50 bits per heavy atom. The first-order valence-corrected chi connectivity index (χ1v) is 6.73. The summed E-state index contributed by atoms with van der Waals surface area (Å²) < 4.78 is 1.99. The lowest BCUT2D eigenvalue weighted by atomic mass is 10.1. The molecule has 0 radical (unpaired) electrons. The molecule has 1 aromatic carbocycles. The molecule has 0 aliphatic rings. The van der Waals surface area contributed by atoms with Crippen LogP contribution >= 0.6 is 0 Å². The molecule has 0 saturated carbocycles. The summed E-state index contributed by atoms with van der Waals surface area (Å²) in [4.78, 5) is 8.90. The van der Waals surface area contributed by atoms with Crippen molar-refractivity contribution >= 4 is 17.1 Å². The highest BCUT2D eigenvalue weighted by molar-refractivity contribution is 5.77. The van der Waals surface area contributed by atoms with Crippen molar-refractivity contribution in [2.24, 2.45) is 0 Å². The van der Waals surface area contributed by atoms with Gasteiger partial charge in [0.1, 0.15) is 5.52 Å². The molecule has 3 rings (SSSR count). The van der Waals surface area contributed by atoms with Crippen molar-refractivity contribution in [1.29, 1.82) is 0 Å². The molecule has 102 valence electrons. The third-order valence-electron chi connectivity index (χ3n) is 3.76. The van der Waals surface area contributed by atoms with Gasteiger partial charge in [-0.3, -0.25) is 4.57 Å². The standard InChI is InChI=1S/C16H18N4/c1-10-4-6-13(7-5-10)12(3)20-15-14(19-16(20)17)11(2)8-9-18-15/h4-9,12H,1-3H3,(H2,17,19). The minimum Gasteiger partial charge on any atom is -0.369 e. The first-order valence-electron chi connectivity index (χ1n) is 6.73. The summed E-state index contributed by atoms with van der Waals surface area (Å²) in [5.74, 6) is 0.509. The maximum atomic E-state index is 6.10. The van der Waals surface area contributed by atoms with Crippen molar-refractivity contribution in [2.45, 2.75) is 26.8 Å². The van der Waals surface area contributed by atoms with E-state index in [4.69, 9.17) is 5.73 Å². The number of anilines is 1. The van der Waals surface area contributed by atoms with Crippen molar-refractivity contribution in [3.05, 3.63) is 53.2 Å². The van der Waals surface area contributed by atoms with Crippen LogP contribution in [0.4, 0.5) is 5.95 Å². The number of imidazole rings is 1. The maximum Gasteiger partial charge on any atom is 0.203 e. The van der Waals surface area contributed by atoms with Gasteiger partial charge in [-0.25, -0.2) is 9.97 Å². The van der Waals surface area contributed by atoms with Crippen LogP contribution in [0.25, 0.3) is 11.2 Å². The van der Waals surface area contributed by atoms with Gasteiger partial charge in [-0.1, -0.05) is 29.8 Å². The summed E-state index contributed by atoms with van der Waals surface area (Å²) in [6.07, 6.45) is 1.80. The molecule has 2 heterocycles. The zero-order chi connectivity index (χ0) is 14.3. The van der Waals surface area contributed by atoms with Gasteiger partial charge in [0.25, 0.3) is 0 Å². The predicted molar refractivity (Wildman–Crippen MR) is 81.7 cm³/mol. The predicted octanol–water partition coefficient (Wildman–Crippen LogP) is 3.24. The third-order valence-corrected chi connectivity index (χ3v) is 3.76. The van der Waals surface area contributed by atoms with Gasteiger partial charge in [0.05, 0.1) is 6.04 Å². The van der Waals surface area contributed by atoms with Gasteiger partial charge in [0.2, 0.25) is 5.95 Å². The van der Waals surface area contributed by atoms with Crippen LogP contribution in [0.3, 0.4) is 0 Å². The minimum atomic E-state index is 0.106. The van der Waals surface area contributed by atoms with Crippen LogP contribution in [0.2, 0.25) is 0 Å². The third kappa shape index (κ3) is 1.93. The zero-order valence-corrected chi connectivity index (χ0v) is 12.0. The number of rotatable bonds is 2. The Morgan fingerprint density at radius 2 is 1.80 bits per heavy atom. The van der Waals surface area contributed by atoms with E-state index in [0.29, 0.717) is 5.95 Å². The second-order valence-corrected chi connectivity index (χ2v) is 5.23. The van der Waals surface area contributed by atoms with Gasteiger partial charge in [0, 0.05) is 6.20 Å². The van der Waals surface area contributed by atoms with Gasteiger partial charge >= 0.3 is 0 Å². The topological polar surface area (TPSA) is 56.7 Å². The molecule has 20 heavy (non-hydrogen) atoms. The zero-order valence-electron chi connectivity index (χ0n) is 12.0. The number of benzene rings is 1. The van der Waals surface area contributed by atoms with Crippen molar-refractivity contribution in [3.8, 4) is 0 Å². The number of hydrogen-bond acceptors (Lipinski definition) is 3. The van der Waals surface area contributed by atoms with E-state index in [1.165, 1.54) is 11.1 Å². The van der Waals surface area contributed by atoms with Crippen molar-refractivity contribution in [3.63, 3.8) is 0 Å². The van der Waals surface area contributed by atoms with Gasteiger partial charge < -0.3 is 5.73 Å². The SMILES string of the molecule is Cc1ccc(C(C)n2c(N)nc3c(C)ccnc32)cc1. The fourth-order valence-corrected chi connectivity index (χ4v) is 2.50. The lowest BCUT2D eigenvalue weighted by Gasteiger charge is -2.16. The highest BCUT2D eigenvalue weighted by atomic mass is 15.2. The van der Waals surface area contributed by atoms with Crippen LogP contribution in [0.15, 0.2) is 36.5 Å². The van der Waals surface area contributed by atoms with E-state index < -0.39 is 0 Å². The summed E-state index contributed by atoms with van der Waals surface area (Å²) >= 11 is 0. The molecule has 3 aromatic rings. The van der Waals surface area contributed by atoms with Crippen LogP contribution in [-0.4, -0.2) is 14.5 Å². The summed E-state index contributed by atoms with van der Waals surface area (Å²) in [5, 5.41) is 0. The normalized spacial score (nSPS) is 12.8. The molecule has 2 N–H and O–H groups in total. The van der Waals surface area contributed by atoms with E-state index >= 15 is 0 Å². The number of aromatic nitrogens is 3. The van der Waals surface area contributed by atoms with Gasteiger partial charge in [-0.15, -0.1) is 0 Å². The van der Waals surface area contributed by atoms with E-state index in [2.05, 4.69) is 48.1 Å². The average Bonchev–Trinajstić information content (AvgIpc) is 2.77. The molecule has 0 bridgehead atoms. The minimum absolute atomic E-state index is 0.106. The largest absolute Gasteiger partial charge is 0.369 e. The smallest absolute Gasteiger partial charge is 0.203 e. The highest BCUT2D eigenvalue weighted by Crippen LogP contribution is 2.27. The molecule has 0 saturated heterocycles. The second-order valence-electron chi connectivity index (χ2n) is 5.23. The Bertz CT molecular complexity index is 756. The molecule has 1 atom stereocenters. The summed E-state index contributed by atoms with van der Waals surface area (Å²) in [7, 11) is 0. The van der Waals surface area contributed by atoms with Gasteiger partial charge in [-0.2, -0.15) is 0 Å². The van der Waals surface area contributed by atoms with Crippen LogP contribution in [-0.2, 0) is 0 Å². The number of fused-ring (bicyclic) bond motifs is 1. The molecule has 0 fully saturated rings. The molecular weight excluding hydrogens is 248 g/mol. The summed E-state index contributed by atoms with van der Waals surface area (Å²) in [5.41, 5.74) is 11.4. The lowest BCUT2D eigenvalue weighted by Crippen LogP contribution is -2.10. The Kier molecular flexibility index (Phi) is 2.93. The summed E-state index contributed by atoms with van der Waals surface area (Å²) in [6, 6.07) is 10.5. The van der Waals surface area contributed by atoms with E-state index in [1.54, 1.807) is 6.20 Å². The fraction of sp³-hybridized carbons (Fsp3) is 0.250. The summed E-state index contributed by atoms with van der Waals surface area (Å²) in [6.45, 7) is 6.23. The molecule has 4 heteroatoms. The van der Waals surface area contributed by atoms with E-state index in [9.17, 15) is 0 Å². The second kappa shape index (κ2) is 4.63. The molecule has 1 unspecified atom stereocenters. The van der Waals surface area contributed by atoms with E-state index in [0.717, 1.165) is 16.7 Å². The Balaban J connectivity index is 2.16. The number of aryl methyl sites for hydroxylation is 2. The van der Waals surface area contributed by atoms with E-state index in [-0.39, 0.29) is 6.04 Å². The first-order chi connectivity index (χ1) is 9.58. The van der Waals surface area contributed by atoms with Crippen LogP contribution in [0, 0.1) is 13.8 Å². The van der Waals surface area contributed by atoms with Gasteiger partial charge in [-0.05, 0) is 38.0 Å². The van der Waals surface area contributed by atoms with Crippen molar-refractivity contribution in [1.82, 2.24) is 14.5 Å². The number of nitrogens with zero attached hydrogens (tertiary/aromatic N) is 3.